The predicted molar refractivity (Wildman–Crippen MR) is 85.9 cm³/mol. The fraction of sp³-hybridized carbons (Fsp3) is 0.647. The second-order valence-electron chi connectivity index (χ2n) is 5.72. The molecule has 0 aliphatic carbocycles. The molecule has 2 atom stereocenters. The minimum atomic E-state index is -0.594. The summed E-state index contributed by atoms with van der Waals surface area (Å²) in [6.07, 6.45) is 1.69. The SMILES string of the molecule is CNC(C)CCc1ccc(OCC(O)COC(C)C)cc1. The molecule has 0 radical (unpaired) electrons. The van der Waals surface area contributed by atoms with Gasteiger partial charge in [0.2, 0.25) is 0 Å². The lowest BCUT2D eigenvalue weighted by Crippen LogP contribution is -2.25. The van der Waals surface area contributed by atoms with E-state index in [9.17, 15) is 5.11 Å². The molecule has 21 heavy (non-hydrogen) atoms. The Morgan fingerprint density at radius 1 is 1.10 bits per heavy atom. The van der Waals surface area contributed by atoms with E-state index >= 15 is 0 Å². The van der Waals surface area contributed by atoms with Crippen LogP contribution in [0.5, 0.6) is 5.75 Å². The average molecular weight is 295 g/mol. The van der Waals surface area contributed by atoms with E-state index in [0.29, 0.717) is 12.6 Å². The van der Waals surface area contributed by atoms with E-state index in [1.165, 1.54) is 5.56 Å². The van der Waals surface area contributed by atoms with E-state index in [2.05, 4.69) is 24.4 Å². The Kier molecular flexibility index (Phi) is 8.35. The lowest BCUT2D eigenvalue weighted by molar-refractivity contribution is -0.0122. The van der Waals surface area contributed by atoms with Gasteiger partial charge < -0.3 is 19.9 Å². The molecule has 0 saturated carbocycles. The molecule has 0 aliphatic heterocycles. The Balaban J connectivity index is 2.30. The highest BCUT2D eigenvalue weighted by atomic mass is 16.5. The molecule has 2 N–H and O–H groups in total. The third kappa shape index (κ3) is 8.05. The van der Waals surface area contributed by atoms with Crippen LogP contribution in [0.3, 0.4) is 0 Å². The smallest absolute Gasteiger partial charge is 0.119 e. The second kappa shape index (κ2) is 9.77. The van der Waals surface area contributed by atoms with Crippen molar-refractivity contribution in [3.63, 3.8) is 0 Å². The van der Waals surface area contributed by atoms with Crippen LogP contribution in [-0.4, -0.2) is 43.6 Å². The maximum absolute atomic E-state index is 9.73. The second-order valence-corrected chi connectivity index (χ2v) is 5.72. The van der Waals surface area contributed by atoms with Crippen molar-refractivity contribution in [3.05, 3.63) is 29.8 Å². The van der Waals surface area contributed by atoms with Crippen LogP contribution in [0.2, 0.25) is 0 Å². The quantitative estimate of drug-likeness (QED) is 0.696. The molecule has 0 bridgehead atoms. The lowest BCUT2D eigenvalue weighted by Gasteiger charge is -2.15. The van der Waals surface area contributed by atoms with Crippen molar-refractivity contribution in [2.75, 3.05) is 20.3 Å². The summed E-state index contributed by atoms with van der Waals surface area (Å²) >= 11 is 0. The van der Waals surface area contributed by atoms with Crippen LogP contribution in [0, 0.1) is 0 Å². The van der Waals surface area contributed by atoms with Gasteiger partial charge in [-0.2, -0.15) is 0 Å². The van der Waals surface area contributed by atoms with Crippen LogP contribution in [0.4, 0.5) is 0 Å². The van der Waals surface area contributed by atoms with Crippen molar-refractivity contribution in [1.29, 1.82) is 0 Å². The van der Waals surface area contributed by atoms with Gasteiger partial charge >= 0.3 is 0 Å². The first-order valence-electron chi connectivity index (χ1n) is 7.70. The van der Waals surface area contributed by atoms with Gasteiger partial charge in [0, 0.05) is 6.04 Å². The first kappa shape index (κ1) is 18.0. The molecule has 4 nitrogen and oxygen atoms in total. The van der Waals surface area contributed by atoms with Gasteiger partial charge in [0.15, 0.2) is 0 Å². The highest BCUT2D eigenvalue weighted by Gasteiger charge is 2.07. The number of nitrogens with one attached hydrogen (secondary N) is 1. The number of benzene rings is 1. The minimum absolute atomic E-state index is 0.124. The van der Waals surface area contributed by atoms with Crippen LogP contribution < -0.4 is 10.1 Å². The number of aryl methyl sites for hydroxylation is 1. The molecule has 0 saturated heterocycles. The summed E-state index contributed by atoms with van der Waals surface area (Å²) in [6, 6.07) is 8.59. The summed E-state index contributed by atoms with van der Waals surface area (Å²) in [7, 11) is 1.98. The highest BCUT2D eigenvalue weighted by Crippen LogP contribution is 2.14. The third-order valence-corrected chi connectivity index (χ3v) is 3.35. The number of aliphatic hydroxyl groups is 1. The Bertz CT molecular complexity index is 378. The minimum Gasteiger partial charge on any atom is -0.491 e. The lowest BCUT2D eigenvalue weighted by atomic mass is 10.1. The first-order chi connectivity index (χ1) is 10.0. The van der Waals surface area contributed by atoms with Gasteiger partial charge in [-0.1, -0.05) is 12.1 Å². The zero-order valence-corrected chi connectivity index (χ0v) is 13.6. The molecule has 1 aromatic carbocycles. The van der Waals surface area contributed by atoms with E-state index in [4.69, 9.17) is 9.47 Å². The van der Waals surface area contributed by atoms with E-state index in [0.717, 1.165) is 18.6 Å². The van der Waals surface area contributed by atoms with E-state index in [1.807, 2.05) is 33.0 Å². The Morgan fingerprint density at radius 2 is 1.76 bits per heavy atom. The first-order valence-corrected chi connectivity index (χ1v) is 7.70. The Morgan fingerprint density at radius 3 is 2.33 bits per heavy atom. The molecule has 0 aliphatic rings. The largest absolute Gasteiger partial charge is 0.491 e. The summed E-state index contributed by atoms with van der Waals surface area (Å²) in [5, 5.41) is 13.0. The van der Waals surface area contributed by atoms with Crippen molar-refractivity contribution in [3.8, 4) is 5.75 Å². The van der Waals surface area contributed by atoms with Crippen molar-refractivity contribution >= 4 is 0 Å². The van der Waals surface area contributed by atoms with Crippen LogP contribution >= 0.6 is 0 Å². The van der Waals surface area contributed by atoms with E-state index in [1.54, 1.807) is 0 Å². The molecule has 0 aromatic heterocycles. The fourth-order valence-corrected chi connectivity index (χ4v) is 1.82. The van der Waals surface area contributed by atoms with Crippen molar-refractivity contribution in [1.82, 2.24) is 5.32 Å². The fourth-order valence-electron chi connectivity index (χ4n) is 1.82. The molecule has 4 heteroatoms. The van der Waals surface area contributed by atoms with Gasteiger partial charge in [-0.25, -0.2) is 0 Å². The number of ether oxygens (including phenoxy) is 2. The Hall–Kier alpha value is -1.10. The summed E-state index contributed by atoms with van der Waals surface area (Å²) in [5.41, 5.74) is 1.30. The third-order valence-electron chi connectivity index (χ3n) is 3.35. The molecular formula is C17H29NO3. The van der Waals surface area contributed by atoms with Gasteiger partial charge in [-0.3, -0.25) is 0 Å². The molecule has 1 aromatic rings. The topological polar surface area (TPSA) is 50.7 Å². The molecule has 0 spiro atoms. The van der Waals surface area contributed by atoms with Crippen LogP contribution in [0.15, 0.2) is 24.3 Å². The van der Waals surface area contributed by atoms with Gasteiger partial charge in [-0.05, 0) is 58.4 Å². The zero-order valence-electron chi connectivity index (χ0n) is 13.6. The molecule has 2 unspecified atom stereocenters. The van der Waals surface area contributed by atoms with E-state index in [-0.39, 0.29) is 12.7 Å². The summed E-state index contributed by atoms with van der Waals surface area (Å²) < 4.78 is 10.9. The van der Waals surface area contributed by atoms with Gasteiger partial charge in [-0.15, -0.1) is 0 Å². The zero-order chi connectivity index (χ0) is 15.7. The van der Waals surface area contributed by atoms with Gasteiger partial charge in [0.05, 0.1) is 12.7 Å². The normalized spacial score (nSPS) is 14.2. The maximum atomic E-state index is 9.73. The van der Waals surface area contributed by atoms with Crippen molar-refractivity contribution in [2.24, 2.45) is 0 Å². The molecule has 0 heterocycles. The number of aliphatic hydroxyl groups excluding tert-OH is 1. The molecular weight excluding hydrogens is 266 g/mol. The number of hydrogen-bond acceptors (Lipinski definition) is 4. The van der Waals surface area contributed by atoms with Crippen molar-refractivity contribution in [2.45, 2.75) is 51.9 Å². The summed E-state index contributed by atoms with van der Waals surface area (Å²) in [5.74, 6) is 0.781. The van der Waals surface area contributed by atoms with Crippen LogP contribution in [0.1, 0.15) is 32.8 Å². The number of hydrogen-bond donors (Lipinski definition) is 2. The highest BCUT2D eigenvalue weighted by molar-refractivity contribution is 5.27. The van der Waals surface area contributed by atoms with Crippen molar-refractivity contribution < 1.29 is 14.6 Å². The monoisotopic (exact) mass is 295 g/mol. The molecule has 120 valence electrons. The van der Waals surface area contributed by atoms with E-state index < -0.39 is 6.10 Å². The molecule has 1 rings (SSSR count). The number of rotatable bonds is 10. The average Bonchev–Trinajstić information content (AvgIpc) is 2.49. The van der Waals surface area contributed by atoms with Crippen LogP contribution in [0.25, 0.3) is 0 Å². The maximum Gasteiger partial charge on any atom is 0.119 e. The molecule has 0 amide bonds. The standard InChI is InChI=1S/C17H29NO3/c1-13(2)20-11-16(19)12-21-17-9-7-15(8-10-17)6-5-14(3)18-4/h7-10,13-14,16,18-19H,5-6,11-12H2,1-4H3. The van der Waals surface area contributed by atoms with Crippen LogP contribution in [-0.2, 0) is 11.2 Å². The summed E-state index contributed by atoms with van der Waals surface area (Å²) in [4.78, 5) is 0. The predicted octanol–water partition coefficient (Wildman–Crippen LogP) is 2.39. The molecule has 0 fully saturated rings. The van der Waals surface area contributed by atoms with Gasteiger partial charge in [0.25, 0.3) is 0 Å². The Labute approximate surface area is 128 Å². The van der Waals surface area contributed by atoms with Gasteiger partial charge in [0.1, 0.15) is 18.5 Å². The summed E-state index contributed by atoms with van der Waals surface area (Å²) in [6.45, 7) is 6.63.